The Kier molecular flexibility index (Phi) is 9.24. The molecule has 1 aromatic carbocycles. The van der Waals surface area contributed by atoms with Gasteiger partial charge in [0, 0.05) is 44.8 Å². The molecule has 0 saturated carbocycles. The number of nitrogens with zero attached hydrogens (tertiary/aromatic N) is 4. The van der Waals surface area contributed by atoms with Gasteiger partial charge >= 0.3 is 0 Å². The van der Waals surface area contributed by atoms with Crippen LogP contribution < -0.4 is 5.32 Å². The van der Waals surface area contributed by atoms with E-state index in [9.17, 15) is 0 Å². The second-order valence-electron chi connectivity index (χ2n) is 7.36. The Balaban J connectivity index is 0.00000280. The van der Waals surface area contributed by atoms with Crippen LogP contribution in [0.2, 0.25) is 0 Å². The first-order valence-electron chi connectivity index (χ1n) is 9.91. The summed E-state index contributed by atoms with van der Waals surface area (Å²) in [5, 5.41) is 3.42. The standard InChI is InChI=1S/C21H31N5O.HI/c1-4-22-21(26-12-10-25(11-13-26)15-17(2)3)23-14-19-16-27-20(24-19)18-8-6-5-7-9-18;/h5-9,16-17H,4,10-15H2,1-3H3,(H,22,23);1H. The molecule has 1 N–H and O–H groups in total. The van der Waals surface area contributed by atoms with Crippen molar-refractivity contribution in [1.82, 2.24) is 20.1 Å². The van der Waals surface area contributed by atoms with Gasteiger partial charge in [0.15, 0.2) is 5.96 Å². The lowest BCUT2D eigenvalue weighted by molar-refractivity contribution is 0.164. The summed E-state index contributed by atoms with van der Waals surface area (Å²) in [6, 6.07) is 9.96. The number of aromatic nitrogens is 1. The van der Waals surface area contributed by atoms with E-state index in [1.54, 1.807) is 6.26 Å². The predicted octanol–water partition coefficient (Wildman–Crippen LogP) is 3.70. The summed E-state index contributed by atoms with van der Waals surface area (Å²) in [6.45, 7) is 13.4. The van der Waals surface area contributed by atoms with Gasteiger partial charge in [0.2, 0.25) is 5.89 Å². The molecule has 28 heavy (non-hydrogen) atoms. The number of oxazole rings is 1. The Morgan fingerprint density at radius 3 is 2.54 bits per heavy atom. The fourth-order valence-electron chi connectivity index (χ4n) is 3.33. The zero-order chi connectivity index (χ0) is 19.1. The highest BCUT2D eigenvalue weighted by atomic mass is 127. The molecule has 0 aliphatic carbocycles. The number of halogens is 1. The van der Waals surface area contributed by atoms with Crippen LogP contribution in [-0.4, -0.2) is 60.0 Å². The molecule has 154 valence electrons. The van der Waals surface area contributed by atoms with Crippen molar-refractivity contribution in [2.75, 3.05) is 39.3 Å². The molecule has 2 heterocycles. The summed E-state index contributed by atoms with van der Waals surface area (Å²) < 4.78 is 5.62. The van der Waals surface area contributed by atoms with Crippen LogP contribution in [0.1, 0.15) is 26.5 Å². The Hall–Kier alpha value is -1.61. The van der Waals surface area contributed by atoms with Gasteiger partial charge in [0.25, 0.3) is 0 Å². The zero-order valence-corrected chi connectivity index (χ0v) is 19.4. The molecule has 0 spiro atoms. The highest BCUT2D eigenvalue weighted by molar-refractivity contribution is 14.0. The van der Waals surface area contributed by atoms with Crippen molar-refractivity contribution in [3.8, 4) is 11.5 Å². The third-order valence-electron chi connectivity index (χ3n) is 4.59. The number of hydrogen-bond acceptors (Lipinski definition) is 4. The number of piperazine rings is 1. The minimum atomic E-state index is 0. The number of rotatable bonds is 6. The molecule has 0 radical (unpaired) electrons. The van der Waals surface area contributed by atoms with E-state index in [2.05, 4.69) is 40.9 Å². The lowest BCUT2D eigenvalue weighted by atomic mass is 10.2. The average Bonchev–Trinajstić information content (AvgIpc) is 3.15. The maximum absolute atomic E-state index is 5.62. The SMILES string of the molecule is CCNC(=NCc1coc(-c2ccccc2)n1)N1CCN(CC(C)C)CC1.I. The maximum Gasteiger partial charge on any atom is 0.226 e. The third-order valence-corrected chi connectivity index (χ3v) is 4.59. The van der Waals surface area contributed by atoms with Crippen LogP contribution in [0.15, 0.2) is 46.0 Å². The van der Waals surface area contributed by atoms with E-state index in [1.165, 1.54) is 6.54 Å². The van der Waals surface area contributed by atoms with Crippen molar-refractivity contribution < 1.29 is 4.42 Å². The van der Waals surface area contributed by atoms with Gasteiger partial charge in [-0.05, 0) is 25.0 Å². The monoisotopic (exact) mass is 497 g/mol. The Morgan fingerprint density at radius 1 is 1.18 bits per heavy atom. The van der Waals surface area contributed by atoms with Gasteiger partial charge in [-0.25, -0.2) is 9.98 Å². The summed E-state index contributed by atoms with van der Waals surface area (Å²) in [6.07, 6.45) is 1.70. The van der Waals surface area contributed by atoms with Crippen molar-refractivity contribution in [3.63, 3.8) is 0 Å². The van der Waals surface area contributed by atoms with Crippen molar-refractivity contribution in [1.29, 1.82) is 0 Å². The summed E-state index contributed by atoms with van der Waals surface area (Å²) in [4.78, 5) is 14.2. The summed E-state index contributed by atoms with van der Waals surface area (Å²) in [5.74, 6) is 2.32. The largest absolute Gasteiger partial charge is 0.444 e. The van der Waals surface area contributed by atoms with Crippen LogP contribution in [0.5, 0.6) is 0 Å². The number of hydrogen-bond donors (Lipinski definition) is 1. The number of guanidine groups is 1. The molecule has 1 fully saturated rings. The van der Waals surface area contributed by atoms with Crippen LogP contribution >= 0.6 is 24.0 Å². The molecule has 2 aromatic rings. The Morgan fingerprint density at radius 2 is 1.89 bits per heavy atom. The van der Waals surface area contributed by atoms with E-state index in [0.29, 0.717) is 18.4 Å². The number of aliphatic imine (C=N–C) groups is 1. The van der Waals surface area contributed by atoms with Crippen LogP contribution in [0.4, 0.5) is 0 Å². The van der Waals surface area contributed by atoms with Gasteiger partial charge in [0.05, 0.1) is 6.54 Å². The minimum absolute atomic E-state index is 0. The molecule has 1 aromatic heterocycles. The molecule has 1 aliphatic heterocycles. The zero-order valence-electron chi connectivity index (χ0n) is 17.1. The molecule has 1 saturated heterocycles. The predicted molar refractivity (Wildman–Crippen MR) is 125 cm³/mol. The first-order chi connectivity index (χ1) is 13.2. The second kappa shape index (κ2) is 11.4. The first-order valence-corrected chi connectivity index (χ1v) is 9.91. The van der Waals surface area contributed by atoms with Gasteiger partial charge in [-0.2, -0.15) is 0 Å². The van der Waals surface area contributed by atoms with Gasteiger partial charge in [0.1, 0.15) is 12.0 Å². The summed E-state index contributed by atoms with van der Waals surface area (Å²) >= 11 is 0. The van der Waals surface area contributed by atoms with E-state index in [0.717, 1.165) is 49.9 Å². The number of nitrogens with one attached hydrogen (secondary N) is 1. The molecule has 6 nitrogen and oxygen atoms in total. The Bertz CT molecular complexity index is 723. The Labute approximate surface area is 185 Å². The highest BCUT2D eigenvalue weighted by Gasteiger charge is 2.20. The highest BCUT2D eigenvalue weighted by Crippen LogP contribution is 2.18. The van der Waals surface area contributed by atoms with E-state index >= 15 is 0 Å². The van der Waals surface area contributed by atoms with Gasteiger partial charge in [-0.1, -0.05) is 32.0 Å². The summed E-state index contributed by atoms with van der Waals surface area (Å²) in [5.41, 5.74) is 1.84. The van der Waals surface area contributed by atoms with Crippen molar-refractivity contribution in [3.05, 3.63) is 42.3 Å². The normalized spacial score (nSPS) is 15.6. The first kappa shape index (κ1) is 22.7. The lowest BCUT2D eigenvalue weighted by Gasteiger charge is -2.37. The fourth-order valence-corrected chi connectivity index (χ4v) is 3.33. The van der Waals surface area contributed by atoms with Crippen molar-refractivity contribution in [2.45, 2.75) is 27.3 Å². The molecular weight excluding hydrogens is 465 g/mol. The number of benzene rings is 1. The summed E-state index contributed by atoms with van der Waals surface area (Å²) in [7, 11) is 0. The van der Waals surface area contributed by atoms with Crippen molar-refractivity contribution >= 4 is 29.9 Å². The quantitative estimate of drug-likeness (QED) is 0.375. The van der Waals surface area contributed by atoms with E-state index < -0.39 is 0 Å². The lowest BCUT2D eigenvalue weighted by Crippen LogP contribution is -2.53. The van der Waals surface area contributed by atoms with Gasteiger partial charge < -0.3 is 14.6 Å². The smallest absolute Gasteiger partial charge is 0.226 e. The molecule has 0 atom stereocenters. The van der Waals surface area contributed by atoms with Crippen LogP contribution in [0.3, 0.4) is 0 Å². The molecule has 0 unspecified atom stereocenters. The van der Waals surface area contributed by atoms with E-state index in [1.807, 2.05) is 30.3 Å². The van der Waals surface area contributed by atoms with Gasteiger partial charge in [-0.15, -0.1) is 24.0 Å². The van der Waals surface area contributed by atoms with E-state index in [-0.39, 0.29) is 24.0 Å². The molecule has 1 aliphatic rings. The topological polar surface area (TPSA) is 56.9 Å². The molecule has 3 rings (SSSR count). The molecule has 0 bridgehead atoms. The van der Waals surface area contributed by atoms with Gasteiger partial charge in [-0.3, -0.25) is 4.90 Å². The van der Waals surface area contributed by atoms with E-state index in [4.69, 9.17) is 9.41 Å². The molecule has 7 heteroatoms. The third kappa shape index (κ3) is 6.48. The maximum atomic E-state index is 5.62. The van der Waals surface area contributed by atoms with Crippen LogP contribution in [0, 0.1) is 5.92 Å². The fraction of sp³-hybridized carbons (Fsp3) is 0.524. The van der Waals surface area contributed by atoms with Crippen LogP contribution in [-0.2, 0) is 6.54 Å². The minimum Gasteiger partial charge on any atom is -0.444 e. The second-order valence-corrected chi connectivity index (χ2v) is 7.36. The van der Waals surface area contributed by atoms with Crippen molar-refractivity contribution in [2.24, 2.45) is 10.9 Å². The van der Waals surface area contributed by atoms with Crippen LogP contribution in [0.25, 0.3) is 11.5 Å². The average molecular weight is 497 g/mol. The molecular formula is C21H32IN5O. The molecule has 0 amide bonds.